The van der Waals surface area contributed by atoms with Gasteiger partial charge in [0.2, 0.25) is 0 Å². The molecular formula is C14H26NO2. The van der Waals surface area contributed by atoms with Crippen LogP contribution in [0.2, 0.25) is 0 Å². The first-order valence-electron chi connectivity index (χ1n) is 6.56. The SMILES string of the molecule is CC(C)C(=O)CC1CC(C)(C)N([O])C(C)(C)C1. The van der Waals surface area contributed by atoms with E-state index in [0.717, 1.165) is 12.8 Å². The first kappa shape index (κ1) is 14.7. The Morgan fingerprint density at radius 3 is 1.94 bits per heavy atom. The average molecular weight is 240 g/mol. The summed E-state index contributed by atoms with van der Waals surface area (Å²) in [5.41, 5.74) is -0.715. The Morgan fingerprint density at radius 1 is 1.18 bits per heavy atom. The van der Waals surface area contributed by atoms with Crippen LogP contribution in [0.1, 0.15) is 60.8 Å². The van der Waals surface area contributed by atoms with Crippen molar-refractivity contribution in [3.8, 4) is 0 Å². The fourth-order valence-corrected chi connectivity index (χ4v) is 3.13. The van der Waals surface area contributed by atoms with Gasteiger partial charge in [-0.05, 0) is 46.5 Å². The Bertz CT molecular complexity index is 277. The summed E-state index contributed by atoms with van der Waals surface area (Å²) in [4.78, 5) is 11.8. The van der Waals surface area contributed by atoms with Gasteiger partial charge in [-0.1, -0.05) is 13.8 Å². The third kappa shape index (κ3) is 3.29. The molecule has 0 atom stereocenters. The molecule has 0 amide bonds. The maximum absolute atomic E-state index is 12.2. The first-order chi connectivity index (χ1) is 7.56. The fourth-order valence-electron chi connectivity index (χ4n) is 3.13. The molecule has 0 saturated carbocycles. The molecule has 0 bridgehead atoms. The molecule has 1 rings (SSSR count). The van der Waals surface area contributed by atoms with E-state index in [1.807, 2.05) is 41.5 Å². The van der Waals surface area contributed by atoms with Gasteiger partial charge in [0.05, 0.1) is 0 Å². The molecular weight excluding hydrogens is 214 g/mol. The minimum atomic E-state index is -0.357. The molecule has 3 heteroatoms. The van der Waals surface area contributed by atoms with E-state index in [1.165, 1.54) is 5.06 Å². The number of rotatable bonds is 3. The molecule has 1 aliphatic rings. The number of ketones is 1. The summed E-state index contributed by atoms with van der Waals surface area (Å²) in [7, 11) is 0. The molecule has 0 N–H and O–H groups in total. The van der Waals surface area contributed by atoms with Crippen LogP contribution in [0.5, 0.6) is 0 Å². The Balaban J connectivity index is 2.75. The van der Waals surface area contributed by atoms with Gasteiger partial charge in [0, 0.05) is 23.4 Å². The molecule has 0 aromatic rings. The molecule has 1 radical (unpaired) electrons. The molecule has 0 unspecified atom stereocenters. The summed E-state index contributed by atoms with van der Waals surface area (Å²) >= 11 is 0. The van der Waals surface area contributed by atoms with E-state index in [1.54, 1.807) is 0 Å². The van der Waals surface area contributed by atoms with Crippen molar-refractivity contribution in [2.45, 2.75) is 71.9 Å². The largest absolute Gasteiger partial charge is 0.299 e. The van der Waals surface area contributed by atoms with Crippen molar-refractivity contribution in [2.75, 3.05) is 0 Å². The van der Waals surface area contributed by atoms with E-state index in [2.05, 4.69) is 0 Å². The van der Waals surface area contributed by atoms with Crippen LogP contribution < -0.4 is 0 Å². The Hall–Kier alpha value is -0.410. The maximum atomic E-state index is 12.2. The zero-order valence-electron chi connectivity index (χ0n) is 12.0. The van der Waals surface area contributed by atoms with Gasteiger partial charge in [-0.15, -0.1) is 10.3 Å². The molecule has 3 nitrogen and oxygen atoms in total. The van der Waals surface area contributed by atoms with Crippen LogP contribution in [-0.2, 0) is 10.0 Å². The zero-order chi connectivity index (χ0) is 13.4. The lowest BCUT2D eigenvalue weighted by Crippen LogP contribution is -2.58. The van der Waals surface area contributed by atoms with Crippen molar-refractivity contribution in [3.05, 3.63) is 0 Å². The highest BCUT2D eigenvalue weighted by molar-refractivity contribution is 5.80. The number of Topliss-reactive ketones (excluding diaryl/α,β-unsaturated/α-hetero) is 1. The van der Waals surface area contributed by atoms with Crippen LogP contribution in [0, 0.1) is 11.8 Å². The number of carbonyl (C=O) groups excluding carboxylic acids is 1. The third-order valence-corrected chi connectivity index (χ3v) is 3.81. The molecule has 1 aliphatic heterocycles. The average Bonchev–Trinajstić information content (AvgIpc) is 2.12. The first-order valence-corrected chi connectivity index (χ1v) is 6.56. The second-order valence-corrected chi connectivity index (χ2v) is 7.02. The van der Waals surface area contributed by atoms with E-state index < -0.39 is 0 Å². The van der Waals surface area contributed by atoms with Gasteiger partial charge < -0.3 is 0 Å². The summed E-state index contributed by atoms with van der Waals surface area (Å²) in [5, 5.41) is 13.4. The van der Waals surface area contributed by atoms with E-state index in [4.69, 9.17) is 0 Å². The van der Waals surface area contributed by atoms with Crippen molar-refractivity contribution in [2.24, 2.45) is 11.8 Å². The van der Waals surface area contributed by atoms with Gasteiger partial charge in [0.1, 0.15) is 5.78 Å². The summed E-state index contributed by atoms with van der Waals surface area (Å²) in [6, 6.07) is 0. The summed E-state index contributed by atoms with van der Waals surface area (Å²) in [6.07, 6.45) is 2.26. The van der Waals surface area contributed by atoms with Crippen LogP contribution in [0.15, 0.2) is 0 Å². The maximum Gasteiger partial charge on any atom is 0.135 e. The van der Waals surface area contributed by atoms with Gasteiger partial charge in [-0.2, -0.15) is 0 Å². The zero-order valence-corrected chi connectivity index (χ0v) is 12.0. The Labute approximate surface area is 105 Å². The van der Waals surface area contributed by atoms with Gasteiger partial charge in [0.15, 0.2) is 0 Å². The number of carbonyl (C=O) groups is 1. The minimum Gasteiger partial charge on any atom is -0.299 e. The molecule has 1 fully saturated rings. The number of nitrogens with zero attached hydrogens (tertiary/aromatic N) is 1. The molecule has 0 aliphatic carbocycles. The number of hydrogen-bond acceptors (Lipinski definition) is 2. The molecule has 1 saturated heterocycles. The fraction of sp³-hybridized carbons (Fsp3) is 0.929. The van der Waals surface area contributed by atoms with Crippen LogP contribution in [-0.4, -0.2) is 21.9 Å². The van der Waals surface area contributed by atoms with Crippen molar-refractivity contribution in [1.82, 2.24) is 5.06 Å². The van der Waals surface area contributed by atoms with E-state index >= 15 is 0 Å². The number of hydroxylamine groups is 2. The third-order valence-electron chi connectivity index (χ3n) is 3.81. The van der Waals surface area contributed by atoms with Gasteiger partial charge in [-0.25, -0.2) is 0 Å². The lowest BCUT2D eigenvalue weighted by Gasteiger charge is -2.50. The second kappa shape index (κ2) is 4.69. The summed E-state index contributed by atoms with van der Waals surface area (Å²) in [5.74, 6) is 0.771. The van der Waals surface area contributed by atoms with Gasteiger partial charge >= 0.3 is 0 Å². The normalized spacial score (nSPS) is 25.2. The molecule has 0 aromatic heterocycles. The predicted octanol–water partition coefficient (Wildman–Crippen LogP) is 3.22. The lowest BCUT2D eigenvalue weighted by molar-refractivity contribution is -0.294. The topological polar surface area (TPSA) is 40.2 Å². The smallest absolute Gasteiger partial charge is 0.135 e. The van der Waals surface area contributed by atoms with Crippen LogP contribution in [0.3, 0.4) is 0 Å². The van der Waals surface area contributed by atoms with Crippen molar-refractivity contribution >= 4 is 5.78 Å². The molecule has 0 aromatic carbocycles. The highest BCUT2D eigenvalue weighted by atomic mass is 16.5. The molecule has 99 valence electrons. The van der Waals surface area contributed by atoms with Gasteiger partial charge in [-0.3, -0.25) is 4.79 Å². The standard InChI is InChI=1S/C14H26NO2/c1-10(2)12(16)7-11-8-13(3,4)15(17)14(5,6)9-11/h10-11H,7-9H2,1-6H3. The lowest BCUT2D eigenvalue weighted by atomic mass is 9.73. The number of piperidine rings is 1. The minimum absolute atomic E-state index is 0.103. The highest BCUT2D eigenvalue weighted by Crippen LogP contribution is 2.41. The predicted molar refractivity (Wildman–Crippen MR) is 67.9 cm³/mol. The Kier molecular flexibility index (Phi) is 4.04. The van der Waals surface area contributed by atoms with Crippen LogP contribution in [0.25, 0.3) is 0 Å². The van der Waals surface area contributed by atoms with Gasteiger partial charge in [0.25, 0.3) is 0 Å². The van der Waals surface area contributed by atoms with Crippen LogP contribution >= 0.6 is 0 Å². The Morgan fingerprint density at radius 2 is 1.59 bits per heavy atom. The second-order valence-electron chi connectivity index (χ2n) is 7.02. The monoisotopic (exact) mass is 240 g/mol. The van der Waals surface area contributed by atoms with E-state index in [-0.39, 0.29) is 17.0 Å². The molecule has 0 spiro atoms. The van der Waals surface area contributed by atoms with Crippen LogP contribution in [0.4, 0.5) is 0 Å². The summed E-state index contributed by atoms with van der Waals surface area (Å²) in [6.45, 7) is 11.8. The van der Waals surface area contributed by atoms with E-state index in [9.17, 15) is 10.0 Å². The van der Waals surface area contributed by atoms with Crippen molar-refractivity contribution in [1.29, 1.82) is 0 Å². The quantitative estimate of drug-likeness (QED) is 0.760. The highest BCUT2D eigenvalue weighted by Gasteiger charge is 2.46. The number of hydrogen-bond donors (Lipinski definition) is 0. The molecule has 1 heterocycles. The molecule has 17 heavy (non-hydrogen) atoms. The van der Waals surface area contributed by atoms with Crippen molar-refractivity contribution in [3.63, 3.8) is 0 Å². The van der Waals surface area contributed by atoms with Crippen molar-refractivity contribution < 1.29 is 10.0 Å². The van der Waals surface area contributed by atoms with E-state index in [0.29, 0.717) is 18.1 Å². The summed E-state index contributed by atoms with van der Waals surface area (Å²) < 4.78 is 0.